The molecule has 0 spiro atoms. The SMILES string of the molecule is CC1CC1CNc1ccc(C(N)=S)c(C(F)(F)F)c1. The average molecular weight is 288 g/mol. The highest BCUT2D eigenvalue weighted by atomic mass is 32.1. The van der Waals surface area contributed by atoms with Gasteiger partial charge in [0.25, 0.3) is 0 Å². The Labute approximate surface area is 115 Å². The number of hydrogen-bond donors (Lipinski definition) is 2. The monoisotopic (exact) mass is 288 g/mol. The molecular formula is C13H15F3N2S. The minimum atomic E-state index is -4.46. The molecule has 0 radical (unpaired) electrons. The van der Waals surface area contributed by atoms with Gasteiger partial charge in [-0.1, -0.05) is 19.1 Å². The molecule has 0 saturated heterocycles. The zero-order chi connectivity index (χ0) is 14.2. The van der Waals surface area contributed by atoms with E-state index in [4.69, 9.17) is 5.73 Å². The van der Waals surface area contributed by atoms with Gasteiger partial charge in [-0.15, -0.1) is 0 Å². The number of thiocarbonyl (C=S) groups is 1. The molecule has 2 rings (SSSR count). The number of alkyl halides is 3. The van der Waals surface area contributed by atoms with Gasteiger partial charge in [-0.05, 0) is 36.5 Å². The Hall–Kier alpha value is -1.30. The summed E-state index contributed by atoms with van der Waals surface area (Å²) in [4.78, 5) is -0.241. The van der Waals surface area contributed by atoms with Crippen molar-refractivity contribution in [1.29, 1.82) is 0 Å². The number of halogens is 3. The molecular weight excluding hydrogens is 273 g/mol. The zero-order valence-corrected chi connectivity index (χ0v) is 11.2. The van der Waals surface area contributed by atoms with E-state index in [0.717, 1.165) is 12.5 Å². The summed E-state index contributed by atoms with van der Waals surface area (Å²) in [5.41, 5.74) is 4.86. The lowest BCUT2D eigenvalue weighted by molar-refractivity contribution is -0.137. The van der Waals surface area contributed by atoms with Crippen LogP contribution in [0.2, 0.25) is 0 Å². The van der Waals surface area contributed by atoms with Crippen LogP contribution in [0.4, 0.5) is 18.9 Å². The van der Waals surface area contributed by atoms with Crippen molar-refractivity contribution in [3.63, 3.8) is 0 Å². The maximum absolute atomic E-state index is 12.9. The van der Waals surface area contributed by atoms with E-state index in [1.54, 1.807) is 6.07 Å². The molecule has 0 bridgehead atoms. The molecule has 0 aromatic heterocycles. The second-order valence-corrected chi connectivity index (χ2v) is 5.42. The highest BCUT2D eigenvalue weighted by molar-refractivity contribution is 7.80. The molecule has 0 amide bonds. The van der Waals surface area contributed by atoms with Gasteiger partial charge in [0.1, 0.15) is 4.99 Å². The van der Waals surface area contributed by atoms with Crippen LogP contribution in [0.5, 0.6) is 0 Å². The molecule has 3 N–H and O–H groups in total. The zero-order valence-electron chi connectivity index (χ0n) is 10.4. The van der Waals surface area contributed by atoms with Gasteiger partial charge in [0, 0.05) is 17.8 Å². The maximum Gasteiger partial charge on any atom is 0.417 e. The third-order valence-corrected chi connectivity index (χ3v) is 3.65. The highest BCUT2D eigenvalue weighted by Gasteiger charge is 2.35. The predicted molar refractivity (Wildman–Crippen MR) is 73.1 cm³/mol. The lowest BCUT2D eigenvalue weighted by Gasteiger charge is -2.14. The van der Waals surface area contributed by atoms with Gasteiger partial charge in [0.15, 0.2) is 0 Å². The molecule has 1 aliphatic rings. The lowest BCUT2D eigenvalue weighted by Crippen LogP contribution is -2.18. The Bertz CT molecular complexity index is 499. The van der Waals surface area contributed by atoms with Crippen molar-refractivity contribution < 1.29 is 13.2 Å². The fourth-order valence-electron chi connectivity index (χ4n) is 2.04. The van der Waals surface area contributed by atoms with E-state index in [-0.39, 0.29) is 10.6 Å². The Kier molecular flexibility index (Phi) is 3.71. The number of rotatable bonds is 4. The van der Waals surface area contributed by atoms with Crippen molar-refractivity contribution >= 4 is 22.9 Å². The van der Waals surface area contributed by atoms with Crippen LogP contribution >= 0.6 is 12.2 Å². The summed E-state index contributed by atoms with van der Waals surface area (Å²) in [5.74, 6) is 1.22. The minimum absolute atomic E-state index is 0.132. The van der Waals surface area contributed by atoms with Gasteiger partial charge in [0.2, 0.25) is 0 Å². The first kappa shape index (κ1) is 14.1. The van der Waals surface area contributed by atoms with Crippen molar-refractivity contribution in [3.8, 4) is 0 Å². The topological polar surface area (TPSA) is 38.0 Å². The summed E-state index contributed by atoms with van der Waals surface area (Å²) in [6, 6.07) is 3.97. The summed E-state index contributed by atoms with van der Waals surface area (Å²) in [6.07, 6.45) is -3.33. The van der Waals surface area contributed by atoms with E-state index < -0.39 is 11.7 Å². The molecule has 0 aliphatic heterocycles. The van der Waals surface area contributed by atoms with Crippen LogP contribution in [0.3, 0.4) is 0 Å². The normalized spacial score (nSPS) is 22.1. The molecule has 1 aromatic rings. The average Bonchev–Trinajstić information content (AvgIpc) is 3.01. The van der Waals surface area contributed by atoms with Crippen LogP contribution in [0.1, 0.15) is 24.5 Å². The van der Waals surface area contributed by atoms with Gasteiger partial charge in [0.05, 0.1) is 5.56 Å². The van der Waals surface area contributed by atoms with Crippen molar-refractivity contribution in [2.45, 2.75) is 19.5 Å². The number of hydrogen-bond acceptors (Lipinski definition) is 2. The van der Waals surface area contributed by atoms with Crippen LogP contribution in [-0.4, -0.2) is 11.5 Å². The van der Waals surface area contributed by atoms with Crippen LogP contribution in [0, 0.1) is 11.8 Å². The molecule has 1 saturated carbocycles. The summed E-state index contributed by atoms with van der Waals surface area (Å²) >= 11 is 4.65. The van der Waals surface area contributed by atoms with E-state index in [2.05, 4.69) is 24.5 Å². The third-order valence-electron chi connectivity index (χ3n) is 3.43. The van der Waals surface area contributed by atoms with Crippen LogP contribution < -0.4 is 11.1 Å². The molecule has 1 aliphatic carbocycles. The highest BCUT2D eigenvalue weighted by Crippen LogP contribution is 2.38. The molecule has 104 valence electrons. The Morgan fingerprint density at radius 1 is 1.47 bits per heavy atom. The van der Waals surface area contributed by atoms with E-state index in [1.807, 2.05) is 0 Å². The summed E-state index contributed by atoms with van der Waals surface area (Å²) < 4.78 is 38.8. The first-order valence-corrected chi connectivity index (χ1v) is 6.45. The van der Waals surface area contributed by atoms with E-state index in [1.165, 1.54) is 6.07 Å². The Morgan fingerprint density at radius 3 is 2.58 bits per heavy atom. The standard InChI is InChI=1S/C13H15F3N2S/c1-7-4-8(7)6-18-9-2-3-10(12(17)19)11(5-9)13(14,15)16/h2-3,5,7-8,18H,4,6H2,1H3,(H2,17,19). The Balaban J connectivity index is 2.20. The van der Waals surface area contributed by atoms with E-state index in [0.29, 0.717) is 24.1 Å². The van der Waals surface area contributed by atoms with Gasteiger partial charge in [-0.25, -0.2) is 0 Å². The number of nitrogens with one attached hydrogen (secondary N) is 1. The minimum Gasteiger partial charge on any atom is -0.389 e. The number of benzene rings is 1. The van der Waals surface area contributed by atoms with Gasteiger partial charge < -0.3 is 11.1 Å². The molecule has 1 aromatic carbocycles. The molecule has 0 heterocycles. The smallest absolute Gasteiger partial charge is 0.389 e. The number of anilines is 1. The fourth-order valence-corrected chi connectivity index (χ4v) is 2.21. The van der Waals surface area contributed by atoms with Crippen LogP contribution in [0.15, 0.2) is 18.2 Å². The largest absolute Gasteiger partial charge is 0.417 e. The lowest BCUT2D eigenvalue weighted by atomic mass is 10.1. The van der Waals surface area contributed by atoms with Gasteiger partial charge in [-0.2, -0.15) is 13.2 Å². The molecule has 6 heteroatoms. The predicted octanol–water partition coefficient (Wildman–Crippen LogP) is 3.41. The summed E-state index contributed by atoms with van der Waals surface area (Å²) in [7, 11) is 0. The quantitative estimate of drug-likeness (QED) is 0.834. The second kappa shape index (κ2) is 5.00. The van der Waals surface area contributed by atoms with Crippen molar-refractivity contribution in [3.05, 3.63) is 29.3 Å². The third kappa shape index (κ3) is 3.37. The second-order valence-electron chi connectivity index (χ2n) is 4.98. The fraction of sp³-hybridized carbons (Fsp3) is 0.462. The number of nitrogens with two attached hydrogens (primary N) is 1. The van der Waals surface area contributed by atoms with Gasteiger partial charge in [-0.3, -0.25) is 0 Å². The molecule has 2 unspecified atom stereocenters. The molecule has 19 heavy (non-hydrogen) atoms. The van der Waals surface area contributed by atoms with E-state index >= 15 is 0 Å². The van der Waals surface area contributed by atoms with E-state index in [9.17, 15) is 13.2 Å². The van der Waals surface area contributed by atoms with Crippen molar-refractivity contribution in [2.24, 2.45) is 17.6 Å². The summed E-state index contributed by atoms with van der Waals surface area (Å²) in [5, 5.41) is 3.03. The van der Waals surface area contributed by atoms with Crippen LogP contribution in [0.25, 0.3) is 0 Å². The first-order valence-electron chi connectivity index (χ1n) is 6.04. The van der Waals surface area contributed by atoms with Crippen LogP contribution in [-0.2, 0) is 6.18 Å². The van der Waals surface area contributed by atoms with Crippen molar-refractivity contribution in [1.82, 2.24) is 0 Å². The molecule has 1 fully saturated rings. The maximum atomic E-state index is 12.9. The van der Waals surface area contributed by atoms with Crippen molar-refractivity contribution in [2.75, 3.05) is 11.9 Å². The summed E-state index contributed by atoms with van der Waals surface area (Å²) in [6.45, 7) is 2.83. The Morgan fingerprint density at radius 2 is 2.11 bits per heavy atom. The molecule has 2 nitrogen and oxygen atoms in total. The first-order chi connectivity index (χ1) is 8.79. The molecule has 2 atom stereocenters. The van der Waals surface area contributed by atoms with Gasteiger partial charge >= 0.3 is 6.18 Å².